The van der Waals surface area contributed by atoms with Crippen LogP contribution in [0.2, 0.25) is 0 Å². The highest BCUT2D eigenvalue weighted by atomic mass is 16.5. The predicted molar refractivity (Wildman–Crippen MR) is 105 cm³/mol. The van der Waals surface area contributed by atoms with Crippen molar-refractivity contribution in [2.75, 3.05) is 32.1 Å². The monoisotopic (exact) mass is 383 g/mol. The van der Waals surface area contributed by atoms with Gasteiger partial charge in [-0.3, -0.25) is 14.6 Å². The number of aromatic nitrogens is 1. The molecule has 2 heterocycles. The van der Waals surface area contributed by atoms with Gasteiger partial charge in [0.05, 0.1) is 30.8 Å². The van der Waals surface area contributed by atoms with Gasteiger partial charge in [-0.2, -0.15) is 0 Å². The first kappa shape index (κ1) is 19.8. The van der Waals surface area contributed by atoms with E-state index in [0.717, 1.165) is 12.8 Å². The first-order valence-electron chi connectivity index (χ1n) is 9.42. The van der Waals surface area contributed by atoms with Crippen LogP contribution in [-0.2, 0) is 14.3 Å². The number of ether oxygens (including phenoxy) is 2. The molecule has 1 aromatic heterocycles. The molecule has 1 aromatic carbocycles. The summed E-state index contributed by atoms with van der Waals surface area (Å²) in [5.74, 6) is 0.822. The molecule has 0 bridgehead atoms. The molecule has 0 saturated carbocycles. The van der Waals surface area contributed by atoms with Crippen molar-refractivity contribution in [1.29, 1.82) is 0 Å². The molecule has 1 fully saturated rings. The predicted octanol–water partition coefficient (Wildman–Crippen LogP) is 3.09. The fourth-order valence-corrected chi connectivity index (χ4v) is 3.19. The summed E-state index contributed by atoms with van der Waals surface area (Å²) < 4.78 is 10.8. The number of methoxy groups -OCH3 is 1. The van der Waals surface area contributed by atoms with Crippen LogP contribution in [0.25, 0.3) is 0 Å². The molecule has 7 heteroatoms. The minimum Gasteiger partial charge on any atom is -0.454 e. The molecule has 1 saturated heterocycles. The fraction of sp³-hybridized carbons (Fsp3) is 0.381. The highest BCUT2D eigenvalue weighted by molar-refractivity contribution is 5.94. The van der Waals surface area contributed by atoms with E-state index in [1.54, 1.807) is 48.7 Å². The van der Waals surface area contributed by atoms with Gasteiger partial charge in [-0.25, -0.2) is 0 Å². The van der Waals surface area contributed by atoms with Gasteiger partial charge < -0.3 is 19.7 Å². The molecule has 148 valence electrons. The molecular weight excluding hydrogens is 358 g/mol. The number of carbonyl (C=O) groups is 2. The number of benzene rings is 1. The Labute approximate surface area is 164 Å². The summed E-state index contributed by atoms with van der Waals surface area (Å²) >= 11 is 0. The van der Waals surface area contributed by atoms with Gasteiger partial charge in [0.2, 0.25) is 11.8 Å². The van der Waals surface area contributed by atoms with E-state index >= 15 is 0 Å². The number of amides is 2. The Balaban J connectivity index is 1.63. The molecule has 0 radical (unpaired) electrons. The maximum atomic E-state index is 12.8. The number of nitrogens with zero attached hydrogens (tertiary/aromatic N) is 2. The normalized spacial score (nSPS) is 16.5. The summed E-state index contributed by atoms with van der Waals surface area (Å²) in [6, 6.07) is 10.9. The fourth-order valence-electron chi connectivity index (χ4n) is 3.19. The summed E-state index contributed by atoms with van der Waals surface area (Å²) in [4.78, 5) is 30.8. The van der Waals surface area contributed by atoms with Crippen LogP contribution >= 0.6 is 0 Å². The second kappa shape index (κ2) is 9.85. The number of likely N-dealkylation sites (tertiary alicyclic amines) is 1. The number of para-hydroxylation sites is 2. The summed E-state index contributed by atoms with van der Waals surface area (Å²) in [5, 5.41) is 2.96. The topological polar surface area (TPSA) is 80.8 Å². The Morgan fingerprint density at radius 2 is 2.11 bits per heavy atom. The number of piperidine rings is 1. The van der Waals surface area contributed by atoms with Crippen molar-refractivity contribution >= 4 is 17.5 Å². The van der Waals surface area contributed by atoms with E-state index in [1.165, 1.54) is 0 Å². The molecule has 1 aliphatic heterocycles. The number of rotatable bonds is 7. The van der Waals surface area contributed by atoms with Gasteiger partial charge >= 0.3 is 0 Å². The lowest BCUT2D eigenvalue weighted by molar-refractivity contribution is -0.135. The largest absolute Gasteiger partial charge is 0.454 e. The third kappa shape index (κ3) is 5.29. The van der Waals surface area contributed by atoms with Crippen molar-refractivity contribution in [3.05, 3.63) is 48.8 Å². The minimum atomic E-state index is -0.244. The SMILES string of the molecule is COCCC(=O)N1CCC[C@@H](C(=O)Nc2ccccc2Oc2cccnc2)C1. The van der Waals surface area contributed by atoms with Crippen molar-refractivity contribution in [2.24, 2.45) is 5.92 Å². The summed E-state index contributed by atoms with van der Waals surface area (Å²) in [7, 11) is 1.57. The van der Waals surface area contributed by atoms with Crippen LogP contribution in [0.5, 0.6) is 11.5 Å². The number of nitrogens with one attached hydrogen (secondary N) is 1. The van der Waals surface area contributed by atoms with Gasteiger partial charge in [0, 0.05) is 26.4 Å². The van der Waals surface area contributed by atoms with Crippen molar-refractivity contribution in [2.45, 2.75) is 19.3 Å². The molecular formula is C21H25N3O4. The van der Waals surface area contributed by atoms with E-state index in [0.29, 0.717) is 43.3 Å². The second-order valence-corrected chi connectivity index (χ2v) is 6.70. The molecule has 7 nitrogen and oxygen atoms in total. The lowest BCUT2D eigenvalue weighted by atomic mass is 9.96. The zero-order valence-electron chi connectivity index (χ0n) is 16.0. The third-order valence-electron chi connectivity index (χ3n) is 4.67. The van der Waals surface area contributed by atoms with Gasteiger partial charge in [0.25, 0.3) is 0 Å². The van der Waals surface area contributed by atoms with E-state index in [-0.39, 0.29) is 17.7 Å². The highest BCUT2D eigenvalue weighted by Crippen LogP contribution is 2.30. The van der Waals surface area contributed by atoms with Crippen LogP contribution in [0, 0.1) is 5.92 Å². The average Bonchev–Trinajstić information content (AvgIpc) is 2.74. The van der Waals surface area contributed by atoms with Gasteiger partial charge in [0.15, 0.2) is 5.75 Å². The van der Waals surface area contributed by atoms with Gasteiger partial charge in [0.1, 0.15) is 5.75 Å². The number of hydrogen-bond donors (Lipinski definition) is 1. The maximum absolute atomic E-state index is 12.8. The first-order valence-corrected chi connectivity index (χ1v) is 9.42. The number of carbonyl (C=O) groups excluding carboxylic acids is 2. The molecule has 2 aromatic rings. The molecule has 1 N–H and O–H groups in total. The molecule has 0 aliphatic carbocycles. The van der Waals surface area contributed by atoms with Crippen LogP contribution in [0.4, 0.5) is 5.69 Å². The van der Waals surface area contributed by atoms with Gasteiger partial charge in [-0.15, -0.1) is 0 Å². The zero-order valence-corrected chi connectivity index (χ0v) is 16.0. The quantitative estimate of drug-likeness (QED) is 0.795. The summed E-state index contributed by atoms with van der Waals surface area (Å²) in [6.07, 6.45) is 5.19. The number of anilines is 1. The van der Waals surface area contributed by atoms with Crippen molar-refractivity contribution in [3.63, 3.8) is 0 Å². The van der Waals surface area contributed by atoms with Gasteiger partial charge in [-0.05, 0) is 37.1 Å². The summed E-state index contributed by atoms with van der Waals surface area (Å²) in [6.45, 7) is 1.51. The van der Waals surface area contributed by atoms with Crippen LogP contribution in [0.3, 0.4) is 0 Å². The lowest BCUT2D eigenvalue weighted by Crippen LogP contribution is -2.44. The average molecular weight is 383 g/mol. The highest BCUT2D eigenvalue weighted by Gasteiger charge is 2.28. The lowest BCUT2D eigenvalue weighted by Gasteiger charge is -2.32. The Hall–Kier alpha value is -2.93. The van der Waals surface area contributed by atoms with Crippen LogP contribution in [-0.4, -0.2) is 48.5 Å². The van der Waals surface area contributed by atoms with E-state index in [2.05, 4.69) is 10.3 Å². The molecule has 1 atom stereocenters. The van der Waals surface area contributed by atoms with Crippen molar-refractivity contribution in [3.8, 4) is 11.5 Å². The molecule has 3 rings (SSSR count). The standard InChI is InChI=1S/C21H25N3O4/c1-27-13-10-20(25)24-12-5-6-16(15-24)21(26)23-18-8-2-3-9-19(18)28-17-7-4-11-22-14-17/h2-4,7-9,11,14,16H,5-6,10,12-13,15H2,1H3,(H,23,26)/t16-/m1/s1. The van der Waals surface area contributed by atoms with Crippen LogP contribution in [0.15, 0.2) is 48.8 Å². The summed E-state index contributed by atoms with van der Waals surface area (Å²) in [5.41, 5.74) is 0.596. The molecule has 28 heavy (non-hydrogen) atoms. The van der Waals surface area contributed by atoms with E-state index < -0.39 is 0 Å². The maximum Gasteiger partial charge on any atom is 0.229 e. The Morgan fingerprint density at radius 1 is 1.25 bits per heavy atom. The smallest absolute Gasteiger partial charge is 0.229 e. The number of hydrogen-bond acceptors (Lipinski definition) is 5. The molecule has 1 aliphatic rings. The number of pyridine rings is 1. The molecule has 0 spiro atoms. The third-order valence-corrected chi connectivity index (χ3v) is 4.67. The Bertz CT molecular complexity index is 797. The van der Waals surface area contributed by atoms with Gasteiger partial charge in [-0.1, -0.05) is 12.1 Å². The van der Waals surface area contributed by atoms with E-state index in [9.17, 15) is 9.59 Å². The first-order chi connectivity index (χ1) is 13.7. The second-order valence-electron chi connectivity index (χ2n) is 6.70. The molecule has 2 amide bonds. The van der Waals surface area contributed by atoms with Crippen LogP contribution < -0.4 is 10.1 Å². The van der Waals surface area contributed by atoms with E-state index in [4.69, 9.17) is 9.47 Å². The van der Waals surface area contributed by atoms with Crippen molar-refractivity contribution in [1.82, 2.24) is 9.88 Å². The minimum absolute atomic E-state index is 0.0275. The van der Waals surface area contributed by atoms with Crippen molar-refractivity contribution < 1.29 is 19.1 Å². The Kier molecular flexibility index (Phi) is 6.97. The zero-order chi connectivity index (χ0) is 19.8. The van der Waals surface area contributed by atoms with Crippen LogP contribution in [0.1, 0.15) is 19.3 Å². The van der Waals surface area contributed by atoms with E-state index in [1.807, 2.05) is 12.1 Å². The Morgan fingerprint density at radius 3 is 2.89 bits per heavy atom. The molecule has 0 unspecified atom stereocenters.